The molecule has 3 aromatic rings. The van der Waals surface area contributed by atoms with E-state index in [2.05, 4.69) is 5.32 Å². The van der Waals surface area contributed by atoms with Crippen LogP contribution in [0.3, 0.4) is 0 Å². The van der Waals surface area contributed by atoms with Gasteiger partial charge in [-0.25, -0.2) is 4.79 Å². The van der Waals surface area contributed by atoms with Crippen LogP contribution in [0.4, 0.5) is 4.79 Å². The number of hydrazine groups is 1. The van der Waals surface area contributed by atoms with Gasteiger partial charge in [-0.2, -0.15) is 5.01 Å². The molecular formula is C29H30ClN5O3. The molecule has 38 heavy (non-hydrogen) atoms. The molecule has 0 radical (unpaired) electrons. The smallest absolute Gasteiger partial charge is 0.332 e. The summed E-state index contributed by atoms with van der Waals surface area (Å²) in [6.45, 7) is 0.962. The predicted molar refractivity (Wildman–Crippen MR) is 145 cm³/mol. The highest BCUT2D eigenvalue weighted by Gasteiger charge is 2.51. The van der Waals surface area contributed by atoms with E-state index in [4.69, 9.17) is 11.6 Å². The fraction of sp³-hybridized carbons (Fsp3) is 0.276. The number of urea groups is 1. The fourth-order valence-corrected chi connectivity index (χ4v) is 5.32. The number of fused-ring (bicyclic) bond motifs is 1. The number of carbonyl (C=O) groups is 3. The molecule has 2 aliphatic rings. The van der Waals surface area contributed by atoms with E-state index in [9.17, 15) is 14.4 Å². The molecule has 2 saturated heterocycles. The van der Waals surface area contributed by atoms with E-state index < -0.39 is 12.2 Å². The Balaban J connectivity index is 1.39. The first kappa shape index (κ1) is 25.8. The van der Waals surface area contributed by atoms with Gasteiger partial charge in [0, 0.05) is 31.6 Å². The summed E-state index contributed by atoms with van der Waals surface area (Å²) in [6, 6.07) is 25.7. The van der Waals surface area contributed by atoms with Crippen molar-refractivity contribution in [2.45, 2.75) is 31.7 Å². The first-order chi connectivity index (χ1) is 18.4. The zero-order chi connectivity index (χ0) is 26.6. The number of nitrogens with one attached hydrogen (secondary N) is 1. The van der Waals surface area contributed by atoms with Gasteiger partial charge in [0.25, 0.3) is 0 Å². The second-order valence-electron chi connectivity index (χ2n) is 9.56. The third-order valence-electron chi connectivity index (χ3n) is 7.12. The van der Waals surface area contributed by atoms with Gasteiger partial charge in [0.05, 0.1) is 13.1 Å². The summed E-state index contributed by atoms with van der Waals surface area (Å²) >= 11 is 6.42. The minimum absolute atomic E-state index is 0.0123. The Bertz CT molecular complexity index is 1310. The van der Waals surface area contributed by atoms with Gasteiger partial charge < -0.3 is 15.1 Å². The van der Waals surface area contributed by atoms with Gasteiger partial charge in [-0.1, -0.05) is 90.5 Å². The van der Waals surface area contributed by atoms with E-state index in [0.29, 0.717) is 24.5 Å². The highest BCUT2D eigenvalue weighted by molar-refractivity contribution is 6.31. The molecule has 8 nitrogen and oxygen atoms in total. The van der Waals surface area contributed by atoms with Crippen molar-refractivity contribution in [2.75, 3.05) is 20.1 Å². The maximum atomic E-state index is 13.8. The van der Waals surface area contributed by atoms with E-state index in [0.717, 1.165) is 16.7 Å². The van der Waals surface area contributed by atoms with Crippen LogP contribution in [0.25, 0.3) is 0 Å². The van der Waals surface area contributed by atoms with Crippen molar-refractivity contribution < 1.29 is 14.4 Å². The number of hydrogen-bond donors (Lipinski definition) is 1. The van der Waals surface area contributed by atoms with Crippen molar-refractivity contribution in [3.8, 4) is 0 Å². The molecule has 9 heteroatoms. The highest BCUT2D eigenvalue weighted by Crippen LogP contribution is 2.30. The van der Waals surface area contributed by atoms with Crippen molar-refractivity contribution in [1.82, 2.24) is 25.1 Å². The lowest BCUT2D eigenvalue weighted by Crippen LogP contribution is -2.65. The monoisotopic (exact) mass is 531 g/mol. The molecule has 2 heterocycles. The molecule has 3 aromatic carbocycles. The number of piperazine rings is 1. The molecule has 0 saturated carbocycles. The standard InChI is InChI=1S/C29H30ClN5O3/c1-32(29(38)31-17-22-12-6-3-7-13-22)34-20-27(36)35-25(16-21-10-4-2-5-11-21)28(37)33(19-26(34)35)18-23-14-8-9-15-24(23)30/h2-15,25-26H,16-20H2,1H3,(H,31,38)/t25-,26+/m0/s1. The third kappa shape index (κ3) is 5.37. The molecule has 4 amide bonds. The van der Waals surface area contributed by atoms with E-state index >= 15 is 0 Å². The van der Waals surface area contributed by atoms with Crippen LogP contribution in [-0.2, 0) is 29.1 Å². The topological polar surface area (TPSA) is 76.2 Å². The van der Waals surface area contributed by atoms with Gasteiger partial charge in [-0.3, -0.25) is 14.6 Å². The van der Waals surface area contributed by atoms with Crippen molar-refractivity contribution in [3.05, 3.63) is 107 Å². The normalized spacial score (nSPS) is 19.4. The third-order valence-corrected chi connectivity index (χ3v) is 7.49. The second kappa shape index (κ2) is 11.2. The average molecular weight is 532 g/mol. The van der Waals surface area contributed by atoms with Gasteiger partial charge in [-0.15, -0.1) is 0 Å². The molecule has 0 spiro atoms. The minimum Gasteiger partial charge on any atom is -0.333 e. The fourth-order valence-electron chi connectivity index (χ4n) is 5.12. The van der Waals surface area contributed by atoms with E-state index in [-0.39, 0.29) is 30.9 Å². The Morgan fingerprint density at radius 3 is 2.26 bits per heavy atom. The summed E-state index contributed by atoms with van der Waals surface area (Å²) < 4.78 is 0. The molecule has 1 N–H and O–H groups in total. The Morgan fingerprint density at radius 1 is 0.947 bits per heavy atom. The molecule has 2 atom stereocenters. The molecule has 0 aromatic heterocycles. The van der Waals surface area contributed by atoms with Crippen molar-refractivity contribution in [3.63, 3.8) is 0 Å². The Kier molecular flexibility index (Phi) is 7.62. The molecule has 2 aliphatic heterocycles. The maximum Gasteiger partial charge on any atom is 0.332 e. The zero-order valence-corrected chi connectivity index (χ0v) is 21.9. The number of halogens is 1. The first-order valence-corrected chi connectivity index (χ1v) is 13.0. The Labute approximate surface area is 227 Å². The summed E-state index contributed by atoms with van der Waals surface area (Å²) in [5.74, 6) is -0.305. The van der Waals surface area contributed by atoms with Gasteiger partial charge in [0.1, 0.15) is 12.2 Å². The van der Waals surface area contributed by atoms with Gasteiger partial charge >= 0.3 is 6.03 Å². The molecule has 5 rings (SSSR count). The maximum absolute atomic E-state index is 13.8. The van der Waals surface area contributed by atoms with Crippen molar-refractivity contribution >= 4 is 29.4 Å². The van der Waals surface area contributed by atoms with Crippen LogP contribution in [0, 0.1) is 0 Å². The Hall–Kier alpha value is -3.88. The molecule has 0 bridgehead atoms. The van der Waals surface area contributed by atoms with E-state index in [1.54, 1.807) is 27.9 Å². The summed E-state index contributed by atoms with van der Waals surface area (Å²) in [4.78, 5) is 43.6. The van der Waals surface area contributed by atoms with E-state index in [1.807, 2.05) is 78.9 Å². The first-order valence-electron chi connectivity index (χ1n) is 12.6. The van der Waals surface area contributed by atoms with Crippen LogP contribution in [0.5, 0.6) is 0 Å². The molecule has 2 fully saturated rings. The zero-order valence-electron chi connectivity index (χ0n) is 21.2. The minimum atomic E-state index is -0.683. The number of hydrogen-bond acceptors (Lipinski definition) is 4. The number of amides is 4. The lowest BCUT2D eigenvalue weighted by Gasteiger charge is -2.45. The summed E-state index contributed by atoms with van der Waals surface area (Å²) in [7, 11) is 1.65. The van der Waals surface area contributed by atoms with Crippen LogP contribution in [0.2, 0.25) is 5.02 Å². The van der Waals surface area contributed by atoms with Crippen LogP contribution in [-0.4, -0.2) is 70.0 Å². The van der Waals surface area contributed by atoms with Crippen LogP contribution >= 0.6 is 11.6 Å². The van der Waals surface area contributed by atoms with Gasteiger partial charge in [-0.05, 0) is 22.8 Å². The lowest BCUT2D eigenvalue weighted by atomic mass is 10.00. The van der Waals surface area contributed by atoms with E-state index in [1.165, 1.54) is 5.01 Å². The van der Waals surface area contributed by atoms with Crippen molar-refractivity contribution in [1.29, 1.82) is 0 Å². The average Bonchev–Trinajstić information content (AvgIpc) is 3.27. The number of carbonyl (C=O) groups excluding carboxylic acids is 3. The molecule has 196 valence electrons. The lowest BCUT2D eigenvalue weighted by molar-refractivity contribution is -0.157. The SMILES string of the molecule is CN(C(=O)NCc1ccccc1)N1CC(=O)N2[C@@H](Cc3ccccc3)C(=O)N(Cc3ccccc3Cl)C[C@@H]21. The molecule has 0 unspecified atom stereocenters. The van der Waals surface area contributed by atoms with Crippen LogP contribution in [0.15, 0.2) is 84.9 Å². The number of nitrogens with zero attached hydrogens (tertiary/aromatic N) is 4. The summed E-state index contributed by atoms with van der Waals surface area (Å²) in [5.41, 5.74) is 2.77. The van der Waals surface area contributed by atoms with Crippen molar-refractivity contribution in [2.24, 2.45) is 0 Å². The largest absolute Gasteiger partial charge is 0.333 e. The Morgan fingerprint density at radius 2 is 1.58 bits per heavy atom. The second-order valence-corrected chi connectivity index (χ2v) is 9.97. The summed E-state index contributed by atoms with van der Waals surface area (Å²) in [5, 5.41) is 6.70. The summed E-state index contributed by atoms with van der Waals surface area (Å²) in [6.07, 6.45) is -0.0949. The van der Waals surface area contributed by atoms with Gasteiger partial charge in [0.15, 0.2) is 0 Å². The van der Waals surface area contributed by atoms with Gasteiger partial charge in [0.2, 0.25) is 11.8 Å². The molecular weight excluding hydrogens is 502 g/mol. The predicted octanol–water partition coefficient (Wildman–Crippen LogP) is 3.52. The number of rotatable bonds is 7. The quantitative estimate of drug-likeness (QED) is 0.506. The molecule has 0 aliphatic carbocycles. The number of benzene rings is 3. The van der Waals surface area contributed by atoms with Crippen LogP contribution in [0.1, 0.15) is 16.7 Å². The highest BCUT2D eigenvalue weighted by atomic mass is 35.5. The van der Waals surface area contributed by atoms with Crippen LogP contribution < -0.4 is 5.32 Å².